The zero-order valence-electron chi connectivity index (χ0n) is 13.4. The van der Waals surface area contributed by atoms with Crippen molar-refractivity contribution < 1.29 is 19.4 Å². The van der Waals surface area contributed by atoms with Gasteiger partial charge in [-0.2, -0.15) is 0 Å². The van der Waals surface area contributed by atoms with Crippen LogP contribution in [0, 0.1) is 5.92 Å². The highest BCUT2D eigenvalue weighted by Crippen LogP contribution is 2.17. The van der Waals surface area contributed by atoms with Crippen LogP contribution < -0.4 is 5.32 Å². The number of hydrogen-bond donors (Lipinski definition) is 2. The molecule has 2 N–H and O–H groups in total. The van der Waals surface area contributed by atoms with Gasteiger partial charge in [0.05, 0.1) is 12.5 Å². The van der Waals surface area contributed by atoms with Gasteiger partial charge in [-0.1, -0.05) is 44.2 Å². The van der Waals surface area contributed by atoms with E-state index in [2.05, 4.69) is 19.2 Å². The second kappa shape index (κ2) is 9.20. The highest BCUT2D eigenvalue weighted by atomic mass is 16.5. The molecule has 1 aromatic carbocycles. The average Bonchev–Trinajstić information content (AvgIpc) is 2.46. The lowest BCUT2D eigenvalue weighted by atomic mass is 10.0. The molecule has 0 radical (unpaired) electrons. The van der Waals surface area contributed by atoms with E-state index in [0.717, 1.165) is 12.0 Å². The first-order valence-electron chi connectivity index (χ1n) is 7.59. The summed E-state index contributed by atoms with van der Waals surface area (Å²) in [7, 11) is 0. The third kappa shape index (κ3) is 6.72. The van der Waals surface area contributed by atoms with Gasteiger partial charge in [-0.3, -0.25) is 9.59 Å². The van der Waals surface area contributed by atoms with Crippen LogP contribution in [0.15, 0.2) is 30.3 Å². The molecule has 0 bridgehead atoms. The monoisotopic (exact) mass is 307 g/mol. The summed E-state index contributed by atoms with van der Waals surface area (Å²) in [4.78, 5) is 23.2. The van der Waals surface area contributed by atoms with Crippen LogP contribution in [0.25, 0.3) is 0 Å². The Hall–Kier alpha value is -1.88. The minimum Gasteiger partial charge on any atom is -0.481 e. The molecule has 0 aliphatic heterocycles. The van der Waals surface area contributed by atoms with Crippen LogP contribution in [0.5, 0.6) is 0 Å². The maximum absolute atomic E-state index is 12.2. The van der Waals surface area contributed by atoms with Gasteiger partial charge in [0.2, 0.25) is 5.91 Å². The fourth-order valence-corrected chi connectivity index (χ4v) is 1.96. The Morgan fingerprint density at radius 3 is 2.36 bits per heavy atom. The van der Waals surface area contributed by atoms with E-state index in [1.165, 1.54) is 0 Å². The van der Waals surface area contributed by atoms with Gasteiger partial charge in [-0.25, -0.2) is 0 Å². The average molecular weight is 307 g/mol. The van der Waals surface area contributed by atoms with Crippen molar-refractivity contribution in [2.75, 3.05) is 6.61 Å². The van der Waals surface area contributed by atoms with Crippen LogP contribution in [-0.2, 0) is 14.3 Å². The first-order valence-corrected chi connectivity index (χ1v) is 7.59. The predicted molar refractivity (Wildman–Crippen MR) is 84.4 cm³/mol. The molecule has 0 aliphatic rings. The summed E-state index contributed by atoms with van der Waals surface area (Å²) in [5.74, 6) is -0.735. The number of ether oxygens (including phenoxy) is 1. The van der Waals surface area contributed by atoms with Gasteiger partial charge in [-0.15, -0.1) is 0 Å². The van der Waals surface area contributed by atoms with Crippen LogP contribution in [0.1, 0.15) is 45.2 Å². The number of hydrogen-bond acceptors (Lipinski definition) is 3. The van der Waals surface area contributed by atoms with Crippen molar-refractivity contribution in [1.82, 2.24) is 5.32 Å². The third-order valence-electron chi connectivity index (χ3n) is 3.33. The molecule has 0 spiro atoms. The second-order valence-corrected chi connectivity index (χ2v) is 5.77. The molecule has 2 atom stereocenters. The number of nitrogens with one attached hydrogen (secondary N) is 1. The van der Waals surface area contributed by atoms with Gasteiger partial charge < -0.3 is 15.2 Å². The van der Waals surface area contributed by atoms with E-state index < -0.39 is 18.1 Å². The van der Waals surface area contributed by atoms with Gasteiger partial charge in [0.15, 0.2) is 0 Å². The Bertz CT molecular complexity index is 473. The third-order valence-corrected chi connectivity index (χ3v) is 3.33. The fourth-order valence-electron chi connectivity index (χ4n) is 1.96. The van der Waals surface area contributed by atoms with Gasteiger partial charge in [-0.05, 0) is 24.8 Å². The number of carboxylic acids is 1. The summed E-state index contributed by atoms with van der Waals surface area (Å²) in [6.07, 6.45) is 0.127. The zero-order valence-corrected chi connectivity index (χ0v) is 13.4. The van der Waals surface area contributed by atoms with E-state index in [4.69, 9.17) is 9.84 Å². The molecule has 5 nitrogen and oxygen atoms in total. The molecule has 22 heavy (non-hydrogen) atoms. The summed E-state index contributed by atoms with van der Waals surface area (Å²) in [5, 5.41) is 11.8. The van der Waals surface area contributed by atoms with Crippen molar-refractivity contribution in [2.24, 2.45) is 5.92 Å². The molecule has 0 fully saturated rings. The molecule has 0 saturated carbocycles. The quantitative estimate of drug-likeness (QED) is 0.735. The maximum atomic E-state index is 12.2. The first-order chi connectivity index (χ1) is 10.4. The molecule has 1 aromatic rings. The fraction of sp³-hybridized carbons (Fsp3) is 0.529. The van der Waals surface area contributed by atoms with E-state index in [1.807, 2.05) is 18.2 Å². The molecule has 0 aromatic heterocycles. The lowest BCUT2D eigenvalue weighted by molar-refractivity contribution is -0.138. The van der Waals surface area contributed by atoms with Crippen molar-refractivity contribution in [2.45, 2.75) is 45.8 Å². The van der Waals surface area contributed by atoms with Gasteiger partial charge in [0, 0.05) is 6.61 Å². The Morgan fingerprint density at radius 2 is 1.82 bits per heavy atom. The molecule has 0 saturated heterocycles. The summed E-state index contributed by atoms with van der Waals surface area (Å²) in [5.41, 5.74) is 0.771. The smallest absolute Gasteiger partial charge is 0.305 e. The minimum absolute atomic E-state index is 0.158. The predicted octanol–water partition coefficient (Wildman–Crippen LogP) is 2.77. The SMILES string of the molecule is CC(C)CCOC(C)C(=O)NC(CC(=O)O)c1ccccc1. The summed E-state index contributed by atoms with van der Waals surface area (Å²) >= 11 is 0. The van der Waals surface area contributed by atoms with Crippen LogP contribution in [0.4, 0.5) is 0 Å². The van der Waals surface area contributed by atoms with E-state index in [0.29, 0.717) is 12.5 Å². The van der Waals surface area contributed by atoms with Crippen molar-refractivity contribution >= 4 is 11.9 Å². The summed E-state index contributed by atoms with van der Waals surface area (Å²) in [6.45, 7) is 6.37. The Balaban J connectivity index is 2.61. The van der Waals surface area contributed by atoms with Crippen LogP contribution in [0.3, 0.4) is 0 Å². The van der Waals surface area contributed by atoms with Gasteiger partial charge >= 0.3 is 5.97 Å². The highest BCUT2D eigenvalue weighted by molar-refractivity contribution is 5.81. The molecular formula is C17H25NO4. The molecule has 5 heteroatoms. The van der Waals surface area contributed by atoms with Crippen molar-refractivity contribution in [3.8, 4) is 0 Å². The van der Waals surface area contributed by atoms with Crippen molar-refractivity contribution in [3.63, 3.8) is 0 Å². The van der Waals surface area contributed by atoms with E-state index in [1.54, 1.807) is 19.1 Å². The molecule has 0 heterocycles. The largest absolute Gasteiger partial charge is 0.481 e. The zero-order chi connectivity index (χ0) is 16.5. The Labute approximate surface area is 131 Å². The standard InChI is InChI=1S/C17H25NO4/c1-12(2)9-10-22-13(3)17(21)18-15(11-16(19)20)14-7-5-4-6-8-14/h4-8,12-13,15H,9-11H2,1-3H3,(H,18,21)(H,19,20). The topological polar surface area (TPSA) is 75.6 Å². The number of amides is 1. The van der Waals surface area contributed by atoms with Gasteiger partial charge in [0.1, 0.15) is 6.10 Å². The van der Waals surface area contributed by atoms with E-state index in [9.17, 15) is 9.59 Å². The van der Waals surface area contributed by atoms with Crippen molar-refractivity contribution in [1.29, 1.82) is 0 Å². The summed E-state index contributed by atoms with van der Waals surface area (Å²) < 4.78 is 5.50. The number of carbonyl (C=O) groups is 2. The van der Waals surface area contributed by atoms with Crippen LogP contribution in [0.2, 0.25) is 0 Å². The summed E-state index contributed by atoms with van der Waals surface area (Å²) in [6, 6.07) is 8.54. The normalized spacial score (nSPS) is 13.6. The highest BCUT2D eigenvalue weighted by Gasteiger charge is 2.21. The number of aliphatic carboxylic acids is 1. The molecule has 1 rings (SSSR count). The lowest BCUT2D eigenvalue weighted by Crippen LogP contribution is -2.38. The number of benzene rings is 1. The van der Waals surface area contributed by atoms with Crippen molar-refractivity contribution in [3.05, 3.63) is 35.9 Å². The van der Waals surface area contributed by atoms with Crippen LogP contribution >= 0.6 is 0 Å². The lowest BCUT2D eigenvalue weighted by Gasteiger charge is -2.20. The Morgan fingerprint density at radius 1 is 1.18 bits per heavy atom. The van der Waals surface area contributed by atoms with E-state index >= 15 is 0 Å². The van der Waals surface area contributed by atoms with Crippen LogP contribution in [-0.4, -0.2) is 29.7 Å². The number of rotatable bonds is 9. The molecule has 2 unspecified atom stereocenters. The maximum Gasteiger partial charge on any atom is 0.305 e. The number of carboxylic acid groups (broad SMARTS) is 1. The molecule has 1 amide bonds. The van der Waals surface area contributed by atoms with E-state index in [-0.39, 0.29) is 12.3 Å². The first kappa shape index (κ1) is 18.2. The number of carbonyl (C=O) groups excluding carboxylic acids is 1. The Kier molecular flexibility index (Phi) is 7.60. The van der Waals surface area contributed by atoms with Gasteiger partial charge in [0.25, 0.3) is 0 Å². The second-order valence-electron chi connectivity index (χ2n) is 5.77. The molecule has 0 aliphatic carbocycles. The molecular weight excluding hydrogens is 282 g/mol. The minimum atomic E-state index is -0.956. The molecule has 122 valence electrons.